The second-order valence-electron chi connectivity index (χ2n) is 4.07. The van der Waals surface area contributed by atoms with Crippen LogP contribution in [0.3, 0.4) is 0 Å². The van der Waals surface area contributed by atoms with Crippen LogP contribution in [0.4, 0.5) is 0 Å². The van der Waals surface area contributed by atoms with Crippen molar-refractivity contribution in [3.63, 3.8) is 0 Å². The maximum atomic E-state index is 5.45. The highest BCUT2D eigenvalue weighted by molar-refractivity contribution is 4.43. The van der Waals surface area contributed by atoms with Gasteiger partial charge >= 0.3 is 0 Å². The zero-order chi connectivity index (χ0) is 10.1. The van der Waals surface area contributed by atoms with E-state index in [0.29, 0.717) is 6.10 Å². The molecule has 0 saturated heterocycles. The molecule has 0 spiro atoms. The quantitative estimate of drug-likeness (QED) is 0.545. The van der Waals surface area contributed by atoms with Gasteiger partial charge in [-0.1, -0.05) is 13.8 Å². The highest BCUT2D eigenvalue weighted by atomic mass is 16.5. The van der Waals surface area contributed by atoms with Gasteiger partial charge in [0.1, 0.15) is 0 Å². The summed E-state index contributed by atoms with van der Waals surface area (Å²) in [6, 6.07) is 0. The zero-order valence-electron chi connectivity index (χ0n) is 9.51. The van der Waals surface area contributed by atoms with Crippen molar-refractivity contribution in [2.45, 2.75) is 46.6 Å². The van der Waals surface area contributed by atoms with Crippen molar-refractivity contribution in [1.29, 1.82) is 0 Å². The summed E-state index contributed by atoms with van der Waals surface area (Å²) in [7, 11) is 0. The predicted molar refractivity (Wildman–Crippen MR) is 56.0 cm³/mol. The van der Waals surface area contributed by atoms with Crippen LogP contribution in [-0.4, -0.2) is 25.9 Å². The van der Waals surface area contributed by atoms with Gasteiger partial charge in [0.2, 0.25) is 0 Å². The Labute approximate surface area is 82.6 Å². The topological polar surface area (TPSA) is 18.5 Å². The summed E-state index contributed by atoms with van der Waals surface area (Å²) < 4.78 is 10.8. The monoisotopic (exact) mass is 188 g/mol. The average molecular weight is 188 g/mol. The summed E-state index contributed by atoms with van der Waals surface area (Å²) in [5.41, 5.74) is 0. The maximum Gasteiger partial charge on any atom is 0.0518 e. The van der Waals surface area contributed by atoms with Crippen molar-refractivity contribution in [3.8, 4) is 0 Å². The first-order valence-corrected chi connectivity index (χ1v) is 5.32. The second-order valence-corrected chi connectivity index (χ2v) is 4.07. The van der Waals surface area contributed by atoms with Crippen LogP contribution in [0, 0.1) is 5.92 Å². The molecule has 0 aliphatic carbocycles. The van der Waals surface area contributed by atoms with Gasteiger partial charge in [-0.2, -0.15) is 0 Å². The van der Waals surface area contributed by atoms with Crippen molar-refractivity contribution in [2.24, 2.45) is 5.92 Å². The lowest BCUT2D eigenvalue weighted by molar-refractivity contribution is 0.0495. The van der Waals surface area contributed by atoms with Gasteiger partial charge in [-0.15, -0.1) is 0 Å². The Kier molecular flexibility index (Phi) is 8.46. The van der Waals surface area contributed by atoms with Crippen molar-refractivity contribution >= 4 is 0 Å². The summed E-state index contributed by atoms with van der Waals surface area (Å²) in [5.74, 6) is 0.743. The van der Waals surface area contributed by atoms with Crippen LogP contribution in [0.15, 0.2) is 0 Å². The Hall–Kier alpha value is -0.0800. The normalized spacial score (nSPS) is 11.5. The van der Waals surface area contributed by atoms with Crippen LogP contribution in [0.5, 0.6) is 0 Å². The Bertz CT molecular complexity index is 88.3. The van der Waals surface area contributed by atoms with Crippen molar-refractivity contribution in [1.82, 2.24) is 0 Å². The van der Waals surface area contributed by atoms with Gasteiger partial charge in [-0.05, 0) is 32.6 Å². The molecule has 0 rings (SSSR count). The van der Waals surface area contributed by atoms with E-state index in [1.165, 1.54) is 0 Å². The van der Waals surface area contributed by atoms with Gasteiger partial charge in [0.05, 0.1) is 6.10 Å². The fraction of sp³-hybridized carbons (Fsp3) is 1.00. The molecule has 0 aromatic rings. The molecule has 0 bridgehead atoms. The minimum Gasteiger partial charge on any atom is -0.381 e. The first-order chi connectivity index (χ1) is 6.13. The third kappa shape index (κ3) is 11.9. The highest BCUT2D eigenvalue weighted by Crippen LogP contribution is 1.99. The SMILES string of the molecule is CC(C)CCOCCCOC(C)C. The van der Waals surface area contributed by atoms with E-state index in [1.54, 1.807) is 0 Å². The Morgan fingerprint density at radius 3 is 2.15 bits per heavy atom. The molecule has 0 amide bonds. The molecule has 0 aliphatic rings. The molecule has 0 aromatic carbocycles. The molecule has 0 aromatic heterocycles. The van der Waals surface area contributed by atoms with Gasteiger partial charge in [-0.25, -0.2) is 0 Å². The Balaban J connectivity index is 2.92. The van der Waals surface area contributed by atoms with Gasteiger partial charge in [0.25, 0.3) is 0 Å². The molecular formula is C11H24O2. The van der Waals surface area contributed by atoms with E-state index in [1.807, 2.05) is 0 Å². The van der Waals surface area contributed by atoms with E-state index in [-0.39, 0.29) is 0 Å². The van der Waals surface area contributed by atoms with Gasteiger partial charge in [0.15, 0.2) is 0 Å². The average Bonchev–Trinajstić information content (AvgIpc) is 2.01. The van der Waals surface area contributed by atoms with E-state index < -0.39 is 0 Å². The number of hydrogen-bond acceptors (Lipinski definition) is 2. The first kappa shape index (κ1) is 12.9. The van der Waals surface area contributed by atoms with Gasteiger partial charge < -0.3 is 9.47 Å². The molecule has 0 aliphatic heterocycles. The van der Waals surface area contributed by atoms with E-state index >= 15 is 0 Å². The highest BCUT2D eigenvalue weighted by Gasteiger charge is 1.95. The molecule has 0 unspecified atom stereocenters. The fourth-order valence-electron chi connectivity index (χ4n) is 0.901. The first-order valence-electron chi connectivity index (χ1n) is 5.32. The van der Waals surface area contributed by atoms with Gasteiger partial charge in [-0.3, -0.25) is 0 Å². The molecule has 0 N–H and O–H groups in total. The molecular weight excluding hydrogens is 164 g/mol. The third-order valence-electron chi connectivity index (χ3n) is 1.72. The van der Waals surface area contributed by atoms with Gasteiger partial charge in [0, 0.05) is 19.8 Å². The van der Waals surface area contributed by atoms with E-state index in [2.05, 4.69) is 27.7 Å². The summed E-state index contributed by atoms with van der Waals surface area (Å²) >= 11 is 0. The predicted octanol–water partition coefficient (Wildman–Crippen LogP) is 2.86. The lowest BCUT2D eigenvalue weighted by Gasteiger charge is -2.08. The molecule has 0 fully saturated rings. The van der Waals surface area contributed by atoms with Crippen LogP contribution < -0.4 is 0 Å². The van der Waals surface area contributed by atoms with E-state index in [9.17, 15) is 0 Å². The van der Waals surface area contributed by atoms with E-state index in [0.717, 1.165) is 38.6 Å². The smallest absolute Gasteiger partial charge is 0.0518 e. The standard InChI is InChI=1S/C11H24O2/c1-10(2)6-9-12-7-5-8-13-11(3)4/h10-11H,5-9H2,1-4H3. The van der Waals surface area contributed by atoms with Crippen LogP contribution in [0.1, 0.15) is 40.5 Å². The molecule has 80 valence electrons. The lowest BCUT2D eigenvalue weighted by atomic mass is 10.1. The lowest BCUT2D eigenvalue weighted by Crippen LogP contribution is -2.07. The summed E-state index contributed by atoms with van der Waals surface area (Å²) in [6.07, 6.45) is 2.51. The Morgan fingerprint density at radius 1 is 0.923 bits per heavy atom. The maximum absolute atomic E-state index is 5.45. The fourth-order valence-corrected chi connectivity index (χ4v) is 0.901. The molecule has 0 radical (unpaired) electrons. The molecule has 0 saturated carbocycles. The van der Waals surface area contributed by atoms with Crippen molar-refractivity contribution in [2.75, 3.05) is 19.8 Å². The molecule has 0 heterocycles. The number of rotatable bonds is 8. The van der Waals surface area contributed by atoms with Crippen LogP contribution in [0.2, 0.25) is 0 Å². The number of hydrogen-bond donors (Lipinski definition) is 0. The van der Waals surface area contributed by atoms with Crippen molar-refractivity contribution in [3.05, 3.63) is 0 Å². The molecule has 0 atom stereocenters. The minimum absolute atomic E-state index is 0.343. The Morgan fingerprint density at radius 2 is 1.62 bits per heavy atom. The molecule has 2 nitrogen and oxygen atoms in total. The third-order valence-corrected chi connectivity index (χ3v) is 1.72. The van der Waals surface area contributed by atoms with Crippen LogP contribution in [0.25, 0.3) is 0 Å². The minimum atomic E-state index is 0.343. The number of ether oxygens (including phenoxy) is 2. The molecule has 2 heteroatoms. The second kappa shape index (κ2) is 8.52. The van der Waals surface area contributed by atoms with Crippen molar-refractivity contribution < 1.29 is 9.47 Å². The summed E-state index contributed by atoms with van der Waals surface area (Å²) in [6.45, 7) is 11.1. The summed E-state index contributed by atoms with van der Waals surface area (Å²) in [4.78, 5) is 0. The largest absolute Gasteiger partial charge is 0.381 e. The zero-order valence-corrected chi connectivity index (χ0v) is 9.51. The molecule has 13 heavy (non-hydrogen) atoms. The van der Waals surface area contributed by atoms with Crippen LogP contribution >= 0.6 is 0 Å². The van der Waals surface area contributed by atoms with E-state index in [4.69, 9.17) is 9.47 Å². The van der Waals surface area contributed by atoms with Crippen LogP contribution in [-0.2, 0) is 9.47 Å². The summed E-state index contributed by atoms with van der Waals surface area (Å²) in [5, 5.41) is 0.